The van der Waals surface area contributed by atoms with Crippen molar-refractivity contribution in [1.29, 1.82) is 0 Å². The standard InChI is InChI=1S/C22H29O8P.2Na/c1-12-8-16-15-5-4-13-9-14(23)6-7-20(13,2)19(15)17(24)10-21(16,3)22(12,26)18(25)11-30-31(27,28)29;;/h6-7,9,12,15-16,19,26H,4-5,8,10-11H2,1-3H3,(H2,27,28,29);;/q;2*+1/p-2/t12-,15-,16-,19+,20-,21-,22-;;/m0../s1. The van der Waals surface area contributed by atoms with Gasteiger partial charge in [-0.15, -0.1) is 0 Å². The van der Waals surface area contributed by atoms with Crippen molar-refractivity contribution < 1.29 is 97.5 Å². The summed E-state index contributed by atoms with van der Waals surface area (Å²) in [5.74, 6) is -2.14. The van der Waals surface area contributed by atoms with Gasteiger partial charge in [0.25, 0.3) is 0 Å². The van der Waals surface area contributed by atoms with Gasteiger partial charge in [0.2, 0.25) is 0 Å². The summed E-state index contributed by atoms with van der Waals surface area (Å²) >= 11 is 0. The summed E-state index contributed by atoms with van der Waals surface area (Å²) in [7, 11) is -5.37. The zero-order valence-electron chi connectivity index (χ0n) is 19.8. The normalized spacial score (nSPS) is 41.7. The fourth-order valence-electron chi connectivity index (χ4n) is 7.21. The average Bonchev–Trinajstić information content (AvgIpc) is 2.87. The molecule has 11 heteroatoms. The van der Waals surface area contributed by atoms with Gasteiger partial charge in [-0.05, 0) is 49.2 Å². The average molecular weight is 496 g/mol. The maximum atomic E-state index is 13.5. The van der Waals surface area contributed by atoms with Gasteiger partial charge in [-0.25, -0.2) is 0 Å². The first kappa shape index (κ1) is 29.8. The van der Waals surface area contributed by atoms with Gasteiger partial charge in [0.1, 0.15) is 18.0 Å². The van der Waals surface area contributed by atoms with E-state index >= 15 is 0 Å². The van der Waals surface area contributed by atoms with E-state index in [1.54, 1.807) is 19.9 Å². The maximum Gasteiger partial charge on any atom is 1.00 e. The molecule has 0 unspecified atom stereocenters. The van der Waals surface area contributed by atoms with Crippen molar-refractivity contribution in [3.8, 4) is 0 Å². The van der Waals surface area contributed by atoms with Crippen LogP contribution in [0.4, 0.5) is 0 Å². The Labute approximate surface area is 237 Å². The van der Waals surface area contributed by atoms with Crippen LogP contribution < -0.4 is 68.9 Å². The number of allylic oxidation sites excluding steroid dienone is 4. The first-order valence-electron chi connectivity index (χ1n) is 10.6. The zero-order chi connectivity index (χ0) is 23.0. The Morgan fingerprint density at radius 2 is 1.91 bits per heavy atom. The van der Waals surface area contributed by atoms with E-state index in [1.807, 2.05) is 13.0 Å². The molecule has 33 heavy (non-hydrogen) atoms. The second-order valence-electron chi connectivity index (χ2n) is 10.1. The molecule has 3 saturated carbocycles. The van der Waals surface area contributed by atoms with Crippen molar-refractivity contribution in [2.45, 2.75) is 52.1 Å². The molecule has 0 aromatic rings. The van der Waals surface area contributed by atoms with E-state index in [4.69, 9.17) is 0 Å². The minimum atomic E-state index is -5.37. The van der Waals surface area contributed by atoms with E-state index in [0.29, 0.717) is 19.3 Å². The Hall–Kier alpha value is 0.560. The van der Waals surface area contributed by atoms with E-state index in [-0.39, 0.29) is 94.9 Å². The van der Waals surface area contributed by atoms with Crippen LogP contribution >= 0.6 is 7.82 Å². The molecular formula is C22H27Na2O8P. The van der Waals surface area contributed by atoms with Crippen LogP contribution in [-0.2, 0) is 23.5 Å². The van der Waals surface area contributed by atoms with E-state index in [0.717, 1.165) is 5.57 Å². The van der Waals surface area contributed by atoms with Crippen molar-refractivity contribution in [1.82, 2.24) is 0 Å². The number of aliphatic hydroxyl groups is 1. The number of hydrogen-bond acceptors (Lipinski definition) is 8. The van der Waals surface area contributed by atoms with Crippen LogP contribution in [-0.4, -0.2) is 34.7 Å². The van der Waals surface area contributed by atoms with Crippen LogP contribution in [0.25, 0.3) is 0 Å². The first-order valence-corrected chi connectivity index (χ1v) is 12.1. The van der Waals surface area contributed by atoms with Gasteiger partial charge in [0.05, 0.1) is 7.82 Å². The molecule has 1 N–H and O–H groups in total. The fourth-order valence-corrected chi connectivity index (χ4v) is 7.48. The summed E-state index contributed by atoms with van der Waals surface area (Å²) in [6.45, 7) is 4.37. The topological polar surface area (TPSA) is 144 Å². The number of carbonyl (C=O) groups excluding carboxylic acids is 3. The number of rotatable bonds is 4. The Balaban J connectivity index is 0.00000193. The van der Waals surface area contributed by atoms with Gasteiger partial charge >= 0.3 is 59.1 Å². The van der Waals surface area contributed by atoms with Crippen LogP contribution in [0.5, 0.6) is 0 Å². The molecule has 0 amide bonds. The van der Waals surface area contributed by atoms with E-state index < -0.39 is 42.6 Å². The summed E-state index contributed by atoms with van der Waals surface area (Å²) in [5.41, 5.74) is -2.68. The number of hydrogen-bond donors (Lipinski definition) is 1. The van der Waals surface area contributed by atoms with E-state index in [9.17, 15) is 33.8 Å². The van der Waals surface area contributed by atoms with Gasteiger partial charge < -0.3 is 24.0 Å². The monoisotopic (exact) mass is 496 g/mol. The number of phosphoric ester groups is 1. The number of fused-ring (bicyclic) bond motifs is 5. The zero-order valence-corrected chi connectivity index (χ0v) is 24.7. The van der Waals surface area contributed by atoms with Crippen LogP contribution in [0.3, 0.4) is 0 Å². The van der Waals surface area contributed by atoms with E-state index in [1.165, 1.54) is 6.08 Å². The third kappa shape index (κ3) is 4.57. The molecule has 4 aliphatic carbocycles. The smallest absolute Gasteiger partial charge is 0.790 e. The predicted molar refractivity (Wildman–Crippen MR) is 105 cm³/mol. The molecular weight excluding hydrogens is 469 g/mol. The molecule has 0 bridgehead atoms. The largest absolute Gasteiger partial charge is 1.00 e. The summed E-state index contributed by atoms with van der Waals surface area (Å²) in [6.07, 6.45) is 6.74. The fraction of sp³-hybridized carbons (Fsp3) is 0.682. The molecule has 0 aliphatic heterocycles. The number of Topliss-reactive ketones (excluding diaryl/α,β-unsaturated/α-hetero) is 2. The Kier molecular flexibility index (Phi) is 8.84. The van der Waals surface area contributed by atoms with Crippen molar-refractivity contribution in [2.24, 2.45) is 34.5 Å². The Morgan fingerprint density at radius 1 is 1.27 bits per heavy atom. The minimum absolute atomic E-state index is 0. The van der Waals surface area contributed by atoms with E-state index in [2.05, 4.69) is 4.52 Å². The second kappa shape index (κ2) is 9.79. The van der Waals surface area contributed by atoms with Crippen molar-refractivity contribution in [3.05, 3.63) is 23.8 Å². The molecule has 170 valence electrons. The third-order valence-electron chi connectivity index (χ3n) is 8.62. The molecule has 7 atom stereocenters. The molecule has 3 fully saturated rings. The van der Waals surface area contributed by atoms with Crippen molar-refractivity contribution in [3.63, 3.8) is 0 Å². The molecule has 0 saturated heterocycles. The molecule has 8 nitrogen and oxygen atoms in total. The first-order chi connectivity index (χ1) is 14.2. The van der Waals surface area contributed by atoms with Gasteiger partial charge in [-0.3, -0.25) is 14.4 Å². The molecule has 4 rings (SSSR count). The summed E-state index contributed by atoms with van der Waals surface area (Å²) < 4.78 is 15.0. The predicted octanol–water partition coefficient (Wildman–Crippen LogP) is -5.13. The second-order valence-corrected chi connectivity index (χ2v) is 11.2. The number of phosphoric acid groups is 1. The van der Waals surface area contributed by atoms with Gasteiger partial charge in [-0.1, -0.05) is 32.4 Å². The van der Waals surface area contributed by atoms with Crippen molar-refractivity contribution in [2.75, 3.05) is 6.61 Å². The number of ketones is 3. The summed E-state index contributed by atoms with van der Waals surface area (Å²) in [5, 5.41) is 11.6. The molecule has 0 radical (unpaired) electrons. The molecule has 0 spiro atoms. The molecule has 4 aliphatic rings. The number of carbonyl (C=O) groups is 3. The molecule has 0 heterocycles. The SMILES string of the molecule is C[C@H]1C[C@H]2[C@@H]3CCC4=CC(=O)C=C[C@]4(C)[C@H]3C(=O)C[C@]2(C)[C@@]1(O)C(=O)COP(=O)([O-])[O-].[Na+].[Na+]. The molecule has 0 aromatic heterocycles. The van der Waals surface area contributed by atoms with Gasteiger partial charge in [-0.2, -0.15) is 0 Å². The quantitative estimate of drug-likeness (QED) is 0.301. The molecule has 0 aromatic carbocycles. The summed E-state index contributed by atoms with van der Waals surface area (Å²) in [6, 6.07) is 0. The summed E-state index contributed by atoms with van der Waals surface area (Å²) in [4.78, 5) is 60.0. The Bertz CT molecular complexity index is 973. The maximum absolute atomic E-state index is 13.5. The minimum Gasteiger partial charge on any atom is -0.790 e. The van der Waals surface area contributed by atoms with Crippen LogP contribution in [0.2, 0.25) is 0 Å². The van der Waals surface area contributed by atoms with Crippen LogP contribution in [0.15, 0.2) is 23.8 Å². The van der Waals surface area contributed by atoms with Crippen molar-refractivity contribution >= 4 is 25.2 Å². The van der Waals surface area contributed by atoms with Gasteiger partial charge in [0.15, 0.2) is 11.6 Å². The van der Waals surface area contributed by atoms with Crippen LogP contribution in [0.1, 0.15) is 46.5 Å². The Morgan fingerprint density at radius 3 is 2.52 bits per heavy atom. The van der Waals surface area contributed by atoms with Gasteiger partial charge in [0, 0.05) is 23.2 Å². The third-order valence-corrected chi connectivity index (χ3v) is 9.06. The van der Waals surface area contributed by atoms with Crippen LogP contribution in [0, 0.1) is 34.5 Å².